The van der Waals surface area contributed by atoms with E-state index in [-0.39, 0.29) is 5.38 Å². The quantitative estimate of drug-likeness (QED) is 0.607. The average molecular weight is 301 g/mol. The van der Waals surface area contributed by atoms with Crippen molar-refractivity contribution in [3.05, 3.63) is 65.6 Å². The largest absolute Gasteiger partial charge is 0.497 e. The van der Waals surface area contributed by atoms with Gasteiger partial charge in [0.25, 0.3) is 0 Å². The third-order valence-corrected chi connectivity index (χ3v) is 4.23. The van der Waals surface area contributed by atoms with Gasteiger partial charge in [-0.05, 0) is 40.6 Å². The standard InChI is InChI=1S/C18H17ClO2/c1-3-17-16(8-9-21-17)18(19)14-5-4-13-11-15(20-2)7-6-12(13)10-14/h4-11,18H,3H2,1-2H3. The number of furan rings is 1. The highest BCUT2D eigenvalue weighted by atomic mass is 35.5. The number of halogens is 1. The first-order valence-corrected chi connectivity index (χ1v) is 7.44. The second kappa shape index (κ2) is 5.82. The molecule has 3 rings (SSSR count). The Morgan fingerprint density at radius 2 is 1.86 bits per heavy atom. The van der Waals surface area contributed by atoms with Crippen molar-refractivity contribution < 1.29 is 9.15 Å². The molecule has 2 aromatic carbocycles. The van der Waals surface area contributed by atoms with E-state index in [1.54, 1.807) is 13.4 Å². The lowest BCUT2D eigenvalue weighted by atomic mass is 10.0. The van der Waals surface area contributed by atoms with Crippen molar-refractivity contribution in [2.24, 2.45) is 0 Å². The Morgan fingerprint density at radius 3 is 2.62 bits per heavy atom. The summed E-state index contributed by atoms with van der Waals surface area (Å²) in [6, 6.07) is 14.3. The second-order valence-corrected chi connectivity index (χ2v) is 5.42. The molecule has 0 amide bonds. The summed E-state index contributed by atoms with van der Waals surface area (Å²) in [5, 5.41) is 2.11. The van der Waals surface area contributed by atoms with Crippen LogP contribution in [0.1, 0.15) is 29.2 Å². The predicted octanol–water partition coefficient (Wildman–Crippen LogP) is 5.33. The van der Waals surface area contributed by atoms with Crippen LogP contribution in [-0.2, 0) is 6.42 Å². The van der Waals surface area contributed by atoms with Crippen molar-refractivity contribution in [3.63, 3.8) is 0 Å². The fourth-order valence-electron chi connectivity index (χ4n) is 2.57. The lowest BCUT2D eigenvalue weighted by Crippen LogP contribution is -1.95. The number of benzene rings is 2. The Balaban J connectivity index is 2.01. The van der Waals surface area contributed by atoms with Gasteiger partial charge in [0.1, 0.15) is 11.5 Å². The lowest BCUT2D eigenvalue weighted by Gasteiger charge is -2.11. The zero-order valence-electron chi connectivity index (χ0n) is 12.1. The van der Waals surface area contributed by atoms with Crippen LogP contribution in [0.5, 0.6) is 5.75 Å². The van der Waals surface area contributed by atoms with Crippen LogP contribution in [0.4, 0.5) is 0 Å². The zero-order valence-corrected chi connectivity index (χ0v) is 12.9. The molecule has 0 N–H and O–H groups in total. The molecule has 0 fully saturated rings. The summed E-state index contributed by atoms with van der Waals surface area (Å²) in [6.45, 7) is 2.07. The van der Waals surface area contributed by atoms with Gasteiger partial charge in [-0.15, -0.1) is 11.6 Å². The number of methoxy groups -OCH3 is 1. The van der Waals surface area contributed by atoms with Crippen LogP contribution in [0.2, 0.25) is 0 Å². The number of fused-ring (bicyclic) bond motifs is 1. The zero-order chi connectivity index (χ0) is 14.8. The van der Waals surface area contributed by atoms with Gasteiger partial charge < -0.3 is 9.15 Å². The molecule has 0 radical (unpaired) electrons. The van der Waals surface area contributed by atoms with Gasteiger partial charge in [0, 0.05) is 12.0 Å². The summed E-state index contributed by atoms with van der Waals surface area (Å²) >= 11 is 6.63. The molecule has 0 saturated carbocycles. The van der Waals surface area contributed by atoms with Gasteiger partial charge in [0.15, 0.2) is 0 Å². The summed E-state index contributed by atoms with van der Waals surface area (Å²) in [5.74, 6) is 1.81. The fourth-order valence-corrected chi connectivity index (χ4v) is 2.90. The van der Waals surface area contributed by atoms with E-state index in [0.717, 1.165) is 39.8 Å². The molecule has 0 aliphatic rings. The normalized spacial score (nSPS) is 12.5. The van der Waals surface area contributed by atoms with E-state index in [9.17, 15) is 0 Å². The Hall–Kier alpha value is -1.93. The van der Waals surface area contributed by atoms with Crippen LogP contribution in [0.25, 0.3) is 10.8 Å². The average Bonchev–Trinajstić information content (AvgIpc) is 3.01. The number of hydrogen-bond donors (Lipinski definition) is 0. The first kappa shape index (κ1) is 14.0. The molecule has 3 aromatic rings. The van der Waals surface area contributed by atoms with Gasteiger partial charge in [-0.1, -0.05) is 25.1 Å². The van der Waals surface area contributed by atoms with E-state index in [2.05, 4.69) is 31.2 Å². The molecule has 0 spiro atoms. The van der Waals surface area contributed by atoms with Gasteiger partial charge in [-0.25, -0.2) is 0 Å². The Morgan fingerprint density at radius 1 is 1.10 bits per heavy atom. The highest BCUT2D eigenvalue weighted by molar-refractivity contribution is 6.22. The van der Waals surface area contributed by atoms with E-state index in [0.29, 0.717) is 0 Å². The van der Waals surface area contributed by atoms with Gasteiger partial charge in [-0.2, -0.15) is 0 Å². The van der Waals surface area contributed by atoms with Crippen LogP contribution in [0.3, 0.4) is 0 Å². The minimum Gasteiger partial charge on any atom is -0.497 e. The molecule has 0 saturated heterocycles. The van der Waals surface area contributed by atoms with E-state index in [4.69, 9.17) is 20.8 Å². The topological polar surface area (TPSA) is 22.4 Å². The van der Waals surface area contributed by atoms with E-state index < -0.39 is 0 Å². The van der Waals surface area contributed by atoms with Crippen LogP contribution in [-0.4, -0.2) is 7.11 Å². The first-order valence-electron chi connectivity index (χ1n) is 7.01. The maximum Gasteiger partial charge on any atom is 0.119 e. The fraction of sp³-hybridized carbons (Fsp3) is 0.222. The number of hydrogen-bond acceptors (Lipinski definition) is 2. The van der Waals surface area contributed by atoms with Gasteiger partial charge in [0.2, 0.25) is 0 Å². The van der Waals surface area contributed by atoms with Gasteiger partial charge in [-0.3, -0.25) is 0 Å². The van der Waals surface area contributed by atoms with Crippen LogP contribution >= 0.6 is 11.6 Å². The second-order valence-electron chi connectivity index (χ2n) is 4.99. The molecule has 1 aromatic heterocycles. The molecule has 1 heterocycles. The van der Waals surface area contributed by atoms with Crippen molar-refractivity contribution >= 4 is 22.4 Å². The van der Waals surface area contributed by atoms with Crippen LogP contribution < -0.4 is 4.74 Å². The van der Waals surface area contributed by atoms with Gasteiger partial charge in [0.05, 0.1) is 18.8 Å². The van der Waals surface area contributed by atoms with E-state index in [1.807, 2.05) is 18.2 Å². The molecule has 2 nitrogen and oxygen atoms in total. The monoisotopic (exact) mass is 300 g/mol. The third-order valence-electron chi connectivity index (χ3n) is 3.74. The van der Waals surface area contributed by atoms with Crippen molar-refractivity contribution in [1.82, 2.24) is 0 Å². The first-order chi connectivity index (χ1) is 10.2. The molecule has 108 valence electrons. The minimum absolute atomic E-state index is 0.190. The molecule has 3 heteroatoms. The van der Waals surface area contributed by atoms with Crippen LogP contribution in [0, 0.1) is 0 Å². The lowest BCUT2D eigenvalue weighted by molar-refractivity contribution is 0.415. The number of ether oxygens (including phenoxy) is 1. The van der Waals surface area contributed by atoms with Crippen molar-refractivity contribution in [1.29, 1.82) is 0 Å². The summed E-state index contributed by atoms with van der Waals surface area (Å²) in [6.07, 6.45) is 2.55. The van der Waals surface area contributed by atoms with E-state index in [1.165, 1.54) is 0 Å². The highest BCUT2D eigenvalue weighted by Gasteiger charge is 2.16. The minimum atomic E-state index is -0.190. The molecule has 1 unspecified atom stereocenters. The molecular formula is C18H17ClO2. The molecule has 0 aliphatic heterocycles. The smallest absolute Gasteiger partial charge is 0.119 e. The summed E-state index contributed by atoms with van der Waals surface area (Å²) in [7, 11) is 1.68. The summed E-state index contributed by atoms with van der Waals surface area (Å²) in [5.41, 5.74) is 2.12. The van der Waals surface area contributed by atoms with Crippen LogP contribution in [0.15, 0.2) is 53.1 Å². The van der Waals surface area contributed by atoms with E-state index >= 15 is 0 Å². The molecule has 0 bridgehead atoms. The molecule has 0 aliphatic carbocycles. The van der Waals surface area contributed by atoms with Crippen molar-refractivity contribution in [3.8, 4) is 5.75 Å². The Bertz CT molecular complexity index is 761. The predicted molar refractivity (Wildman–Crippen MR) is 86.3 cm³/mol. The number of aryl methyl sites for hydroxylation is 1. The summed E-state index contributed by atoms with van der Waals surface area (Å²) in [4.78, 5) is 0. The maximum absolute atomic E-state index is 6.63. The van der Waals surface area contributed by atoms with Gasteiger partial charge >= 0.3 is 0 Å². The number of alkyl halides is 1. The molecule has 21 heavy (non-hydrogen) atoms. The van der Waals surface area contributed by atoms with Crippen molar-refractivity contribution in [2.45, 2.75) is 18.7 Å². The molecular weight excluding hydrogens is 284 g/mol. The Kier molecular flexibility index (Phi) is 3.89. The molecule has 1 atom stereocenters. The summed E-state index contributed by atoms with van der Waals surface area (Å²) < 4.78 is 10.7. The maximum atomic E-state index is 6.63. The highest BCUT2D eigenvalue weighted by Crippen LogP contribution is 2.34. The Labute approximate surface area is 129 Å². The SMILES string of the molecule is CCc1occc1C(Cl)c1ccc2cc(OC)ccc2c1. The number of rotatable bonds is 4. The third kappa shape index (κ3) is 2.64. The van der Waals surface area contributed by atoms with Crippen molar-refractivity contribution in [2.75, 3.05) is 7.11 Å².